The topological polar surface area (TPSA) is 30.5 Å². The minimum Gasteiger partial charge on any atom is -0.376 e. The molecule has 12 heavy (non-hydrogen) atoms. The van der Waals surface area contributed by atoms with E-state index in [0.717, 1.165) is 26.4 Å². The zero-order valence-corrected chi connectivity index (χ0v) is 8.22. The Balaban J connectivity index is 1.88. The average Bonchev–Trinajstić information content (AvgIpc) is 1.80. The highest BCUT2D eigenvalue weighted by Gasteiger charge is 2.18. The maximum absolute atomic E-state index is 5.49. The first-order valence-electron chi connectivity index (χ1n) is 4.52. The summed E-state index contributed by atoms with van der Waals surface area (Å²) in [4.78, 5) is 0. The van der Waals surface area contributed by atoms with Crippen molar-refractivity contribution in [3.05, 3.63) is 0 Å². The highest BCUT2D eigenvalue weighted by atomic mass is 16.6. The van der Waals surface area contributed by atoms with E-state index in [9.17, 15) is 0 Å². The summed E-state index contributed by atoms with van der Waals surface area (Å²) < 4.78 is 10.5. The summed E-state index contributed by atoms with van der Waals surface area (Å²) >= 11 is 0. The number of rotatable bonds is 4. The first kappa shape index (κ1) is 9.96. The summed E-state index contributed by atoms with van der Waals surface area (Å²) in [5, 5.41) is 3.36. The Morgan fingerprint density at radius 1 is 1.42 bits per heavy atom. The molecule has 0 aromatic carbocycles. The van der Waals surface area contributed by atoms with Crippen molar-refractivity contribution in [2.45, 2.75) is 32.4 Å². The van der Waals surface area contributed by atoms with E-state index in [-0.39, 0.29) is 5.54 Å². The molecule has 1 aliphatic rings. The zero-order chi connectivity index (χ0) is 9.03. The molecule has 0 saturated carbocycles. The first-order valence-corrected chi connectivity index (χ1v) is 4.52. The van der Waals surface area contributed by atoms with Gasteiger partial charge in [-0.2, -0.15) is 0 Å². The van der Waals surface area contributed by atoms with Crippen molar-refractivity contribution in [2.24, 2.45) is 0 Å². The molecule has 1 heterocycles. The highest BCUT2D eigenvalue weighted by Crippen LogP contribution is 2.04. The zero-order valence-electron chi connectivity index (χ0n) is 8.22. The Hall–Kier alpha value is -0.120. The van der Waals surface area contributed by atoms with Crippen molar-refractivity contribution in [2.75, 3.05) is 26.4 Å². The van der Waals surface area contributed by atoms with Crippen LogP contribution in [0.15, 0.2) is 0 Å². The van der Waals surface area contributed by atoms with Crippen LogP contribution in [0.5, 0.6) is 0 Å². The fraction of sp³-hybridized carbons (Fsp3) is 1.00. The Morgan fingerprint density at radius 2 is 2.08 bits per heavy atom. The van der Waals surface area contributed by atoms with E-state index in [2.05, 4.69) is 26.1 Å². The van der Waals surface area contributed by atoms with Crippen LogP contribution in [-0.2, 0) is 9.47 Å². The van der Waals surface area contributed by atoms with Crippen LogP contribution in [0.25, 0.3) is 0 Å². The van der Waals surface area contributed by atoms with Crippen LogP contribution in [0, 0.1) is 0 Å². The van der Waals surface area contributed by atoms with Crippen LogP contribution in [0.4, 0.5) is 0 Å². The minimum atomic E-state index is 0.194. The van der Waals surface area contributed by atoms with Crippen molar-refractivity contribution >= 4 is 0 Å². The quantitative estimate of drug-likeness (QED) is 0.638. The lowest BCUT2D eigenvalue weighted by Crippen LogP contribution is -2.41. The molecule has 0 spiro atoms. The molecule has 1 aliphatic heterocycles. The van der Waals surface area contributed by atoms with Crippen LogP contribution in [0.1, 0.15) is 20.8 Å². The van der Waals surface area contributed by atoms with Gasteiger partial charge in [0.2, 0.25) is 0 Å². The van der Waals surface area contributed by atoms with E-state index in [1.54, 1.807) is 0 Å². The lowest BCUT2D eigenvalue weighted by atomic mass is 10.1. The van der Waals surface area contributed by atoms with Crippen LogP contribution in [0.3, 0.4) is 0 Å². The van der Waals surface area contributed by atoms with Crippen LogP contribution in [0.2, 0.25) is 0 Å². The monoisotopic (exact) mass is 173 g/mol. The SMILES string of the molecule is CC(C)(C)NCCOC1COC1. The molecule has 3 heteroatoms. The minimum absolute atomic E-state index is 0.194. The van der Waals surface area contributed by atoms with Gasteiger partial charge in [-0.25, -0.2) is 0 Å². The molecule has 0 aliphatic carbocycles. The van der Waals surface area contributed by atoms with Gasteiger partial charge in [-0.1, -0.05) is 0 Å². The van der Waals surface area contributed by atoms with E-state index >= 15 is 0 Å². The second-order valence-corrected chi connectivity index (χ2v) is 4.21. The van der Waals surface area contributed by atoms with Gasteiger partial charge in [0.05, 0.1) is 19.8 Å². The fourth-order valence-corrected chi connectivity index (χ4v) is 0.962. The van der Waals surface area contributed by atoms with Gasteiger partial charge in [0, 0.05) is 12.1 Å². The van der Waals surface area contributed by atoms with Crippen molar-refractivity contribution in [1.29, 1.82) is 0 Å². The largest absolute Gasteiger partial charge is 0.376 e. The van der Waals surface area contributed by atoms with E-state index in [1.165, 1.54) is 0 Å². The lowest BCUT2D eigenvalue weighted by Gasteiger charge is -2.27. The van der Waals surface area contributed by atoms with Crippen molar-refractivity contribution in [1.82, 2.24) is 5.32 Å². The summed E-state index contributed by atoms with van der Waals surface area (Å²) in [5.74, 6) is 0. The fourth-order valence-electron chi connectivity index (χ4n) is 0.962. The van der Waals surface area contributed by atoms with E-state index in [1.807, 2.05) is 0 Å². The van der Waals surface area contributed by atoms with E-state index in [0.29, 0.717) is 6.10 Å². The molecule has 0 amide bonds. The van der Waals surface area contributed by atoms with Crippen molar-refractivity contribution in [3.8, 4) is 0 Å². The third-order valence-electron chi connectivity index (χ3n) is 1.72. The van der Waals surface area contributed by atoms with Crippen molar-refractivity contribution < 1.29 is 9.47 Å². The van der Waals surface area contributed by atoms with Gasteiger partial charge in [-0.3, -0.25) is 0 Å². The molecule has 0 aromatic heterocycles. The molecule has 0 aromatic rings. The number of nitrogens with one attached hydrogen (secondary N) is 1. The van der Waals surface area contributed by atoms with Gasteiger partial charge >= 0.3 is 0 Å². The van der Waals surface area contributed by atoms with Crippen LogP contribution in [-0.4, -0.2) is 38.0 Å². The first-order chi connectivity index (χ1) is 5.58. The van der Waals surface area contributed by atoms with Gasteiger partial charge in [-0.15, -0.1) is 0 Å². The molecule has 0 atom stereocenters. The second-order valence-electron chi connectivity index (χ2n) is 4.21. The predicted molar refractivity (Wildman–Crippen MR) is 48.3 cm³/mol. The highest BCUT2D eigenvalue weighted by molar-refractivity contribution is 4.70. The molecule has 0 unspecified atom stereocenters. The molecule has 1 N–H and O–H groups in total. The third-order valence-corrected chi connectivity index (χ3v) is 1.72. The Labute approximate surface area is 74.4 Å². The Morgan fingerprint density at radius 3 is 2.50 bits per heavy atom. The van der Waals surface area contributed by atoms with Crippen LogP contribution >= 0.6 is 0 Å². The van der Waals surface area contributed by atoms with Gasteiger partial charge < -0.3 is 14.8 Å². The van der Waals surface area contributed by atoms with E-state index in [4.69, 9.17) is 9.47 Å². The van der Waals surface area contributed by atoms with Crippen LogP contribution < -0.4 is 5.32 Å². The van der Waals surface area contributed by atoms with E-state index < -0.39 is 0 Å². The maximum atomic E-state index is 5.49. The number of hydrogen-bond donors (Lipinski definition) is 1. The predicted octanol–water partition coefficient (Wildman–Crippen LogP) is 0.790. The normalized spacial score (nSPS) is 19.2. The molecule has 1 fully saturated rings. The summed E-state index contributed by atoms with van der Waals surface area (Å²) in [6, 6.07) is 0. The maximum Gasteiger partial charge on any atom is 0.104 e. The standard InChI is InChI=1S/C9H19NO2/c1-9(2,3)10-4-5-12-8-6-11-7-8/h8,10H,4-7H2,1-3H3. The molecule has 0 bridgehead atoms. The average molecular weight is 173 g/mol. The lowest BCUT2D eigenvalue weighted by molar-refractivity contribution is -0.128. The van der Waals surface area contributed by atoms with Crippen molar-refractivity contribution in [3.63, 3.8) is 0 Å². The molecule has 0 radical (unpaired) electrons. The van der Waals surface area contributed by atoms with Gasteiger partial charge in [0.25, 0.3) is 0 Å². The molecule has 1 rings (SSSR count). The Kier molecular flexibility index (Phi) is 3.50. The molecule has 3 nitrogen and oxygen atoms in total. The summed E-state index contributed by atoms with van der Waals surface area (Å²) in [6.07, 6.45) is 0.353. The molecule has 1 saturated heterocycles. The Bertz CT molecular complexity index is 127. The smallest absolute Gasteiger partial charge is 0.104 e. The number of hydrogen-bond acceptors (Lipinski definition) is 3. The summed E-state index contributed by atoms with van der Waals surface area (Å²) in [5.41, 5.74) is 0.194. The van der Waals surface area contributed by atoms with Gasteiger partial charge in [-0.05, 0) is 20.8 Å². The molecule has 72 valence electrons. The summed E-state index contributed by atoms with van der Waals surface area (Å²) in [7, 11) is 0. The molecular formula is C9H19NO2. The molecular weight excluding hydrogens is 154 g/mol. The second kappa shape index (κ2) is 4.21. The van der Waals surface area contributed by atoms with Gasteiger partial charge in [0.15, 0.2) is 0 Å². The summed E-state index contributed by atoms with van der Waals surface area (Å²) in [6.45, 7) is 9.70. The third kappa shape index (κ3) is 4.04. The number of ether oxygens (including phenoxy) is 2. The van der Waals surface area contributed by atoms with Gasteiger partial charge in [0.1, 0.15) is 6.10 Å².